The van der Waals surface area contributed by atoms with E-state index < -0.39 is 0 Å². The zero-order valence-corrected chi connectivity index (χ0v) is 8.01. The smallest absolute Gasteiger partial charge is 0.0331 e. The molecule has 0 aromatic rings. The lowest BCUT2D eigenvalue weighted by Crippen LogP contribution is -2.07. The van der Waals surface area contributed by atoms with Gasteiger partial charge in [0.05, 0.1) is 0 Å². The van der Waals surface area contributed by atoms with E-state index in [-0.39, 0.29) is 0 Å². The van der Waals surface area contributed by atoms with E-state index in [0.717, 1.165) is 6.54 Å². The molecule has 1 nitrogen and oxygen atoms in total. The second-order valence-electron chi connectivity index (χ2n) is 2.27. The molecule has 0 bridgehead atoms. The van der Waals surface area contributed by atoms with Crippen LogP contribution in [0.1, 0.15) is 6.92 Å². The fraction of sp³-hybridized carbons (Fsp3) is 0.333. The molecule has 0 N–H and O–H groups in total. The first-order valence-corrected chi connectivity index (χ1v) is 3.95. The summed E-state index contributed by atoms with van der Waals surface area (Å²) < 4.78 is 1.84. The van der Waals surface area contributed by atoms with Gasteiger partial charge in [0.15, 0.2) is 0 Å². The van der Waals surface area contributed by atoms with Gasteiger partial charge in [-0.1, -0.05) is 43.7 Å². The largest absolute Gasteiger partial charge is 0.252 e. The van der Waals surface area contributed by atoms with Gasteiger partial charge < -0.3 is 0 Å². The highest BCUT2D eigenvalue weighted by atomic mass is 32.1. The number of allylic oxidation sites excluding steroid dienone is 3. The molecule has 0 unspecified atom stereocenters. The van der Waals surface area contributed by atoms with Crippen LogP contribution in [0.4, 0.5) is 0 Å². The molecule has 0 aromatic heterocycles. The van der Waals surface area contributed by atoms with E-state index in [1.165, 1.54) is 5.57 Å². The van der Waals surface area contributed by atoms with Gasteiger partial charge in [0.2, 0.25) is 0 Å². The first-order chi connectivity index (χ1) is 5.20. The van der Waals surface area contributed by atoms with Crippen molar-refractivity contribution < 1.29 is 0 Å². The van der Waals surface area contributed by atoms with E-state index in [1.54, 1.807) is 6.08 Å². The van der Waals surface area contributed by atoms with Crippen molar-refractivity contribution in [3.05, 3.63) is 36.5 Å². The predicted molar refractivity (Wildman–Crippen MR) is 54.7 cm³/mol. The zero-order chi connectivity index (χ0) is 8.69. The molecule has 0 aliphatic carbocycles. The van der Waals surface area contributed by atoms with E-state index in [2.05, 4.69) is 25.5 Å². The molecule has 0 radical (unpaired) electrons. The molecule has 2 heteroatoms. The van der Waals surface area contributed by atoms with Crippen molar-refractivity contribution in [1.82, 2.24) is 4.31 Å². The number of likely N-dealkylation sites (N-methyl/N-ethyl adjacent to an activating group) is 1. The topological polar surface area (TPSA) is 3.24 Å². The number of thiol groups is 1. The minimum atomic E-state index is 0.851. The normalized spacial score (nSPS) is 12.9. The molecular formula is C9H15NS. The maximum atomic E-state index is 4.15. The average molecular weight is 169 g/mol. The van der Waals surface area contributed by atoms with Gasteiger partial charge in [-0.05, 0) is 19.5 Å². The summed E-state index contributed by atoms with van der Waals surface area (Å²) in [5, 5.41) is 0. The Kier molecular flexibility index (Phi) is 5.99. The Bertz CT molecular complexity index is 168. The summed E-state index contributed by atoms with van der Waals surface area (Å²) in [7, 11) is 1.92. The summed E-state index contributed by atoms with van der Waals surface area (Å²) >= 11 is 4.15. The Morgan fingerprint density at radius 3 is 2.64 bits per heavy atom. The first-order valence-electron chi connectivity index (χ1n) is 3.55. The third-order valence-corrected chi connectivity index (χ3v) is 1.37. The van der Waals surface area contributed by atoms with E-state index in [1.807, 2.05) is 30.4 Å². The average Bonchev–Trinajstić information content (AvgIpc) is 1.97. The lowest BCUT2D eigenvalue weighted by Gasteiger charge is -2.07. The highest BCUT2D eigenvalue weighted by Gasteiger charge is 1.92. The Balaban J connectivity index is 3.98. The summed E-state index contributed by atoms with van der Waals surface area (Å²) in [4.78, 5) is 0. The SMILES string of the molecule is C=C/C=C\C(=C/C)CN(C)S. The lowest BCUT2D eigenvalue weighted by atomic mass is 10.2. The fourth-order valence-corrected chi connectivity index (χ4v) is 0.859. The van der Waals surface area contributed by atoms with Crippen LogP contribution in [0.2, 0.25) is 0 Å². The van der Waals surface area contributed by atoms with Crippen molar-refractivity contribution in [1.29, 1.82) is 0 Å². The molecule has 0 spiro atoms. The highest BCUT2D eigenvalue weighted by Crippen LogP contribution is 2.00. The second-order valence-corrected chi connectivity index (χ2v) is 2.96. The van der Waals surface area contributed by atoms with E-state index >= 15 is 0 Å². The zero-order valence-electron chi connectivity index (χ0n) is 7.12. The fourth-order valence-electron chi connectivity index (χ4n) is 0.696. The number of rotatable bonds is 4. The van der Waals surface area contributed by atoms with Crippen LogP contribution >= 0.6 is 12.8 Å². The van der Waals surface area contributed by atoms with Crippen molar-refractivity contribution >= 4 is 12.8 Å². The number of hydrogen-bond acceptors (Lipinski definition) is 2. The second kappa shape index (κ2) is 6.25. The Labute approximate surface area is 74.6 Å². The van der Waals surface area contributed by atoms with E-state index in [9.17, 15) is 0 Å². The third-order valence-electron chi connectivity index (χ3n) is 1.23. The van der Waals surface area contributed by atoms with Crippen LogP contribution in [0.3, 0.4) is 0 Å². The van der Waals surface area contributed by atoms with Gasteiger partial charge in [0, 0.05) is 6.54 Å². The van der Waals surface area contributed by atoms with E-state index in [0.29, 0.717) is 0 Å². The molecule has 0 aliphatic heterocycles. The quantitative estimate of drug-likeness (QED) is 0.500. The minimum absolute atomic E-state index is 0.851. The molecule has 0 saturated carbocycles. The van der Waals surface area contributed by atoms with Crippen molar-refractivity contribution in [3.8, 4) is 0 Å². The minimum Gasteiger partial charge on any atom is -0.252 e. The third kappa shape index (κ3) is 5.95. The molecule has 0 saturated heterocycles. The van der Waals surface area contributed by atoms with Gasteiger partial charge in [-0.2, -0.15) is 0 Å². The summed E-state index contributed by atoms with van der Waals surface area (Å²) in [6.45, 7) is 6.46. The van der Waals surface area contributed by atoms with Crippen LogP contribution in [0, 0.1) is 0 Å². The first kappa shape index (κ1) is 10.5. The van der Waals surface area contributed by atoms with Crippen LogP contribution < -0.4 is 0 Å². The summed E-state index contributed by atoms with van der Waals surface area (Å²) in [5.74, 6) is 0. The predicted octanol–water partition coefficient (Wildman–Crippen LogP) is 2.45. The van der Waals surface area contributed by atoms with Crippen LogP contribution in [0.5, 0.6) is 0 Å². The van der Waals surface area contributed by atoms with Gasteiger partial charge in [-0.25, -0.2) is 0 Å². The van der Waals surface area contributed by atoms with E-state index in [4.69, 9.17) is 0 Å². The molecule has 0 rings (SSSR count). The molecule has 0 fully saturated rings. The van der Waals surface area contributed by atoms with Gasteiger partial charge in [0.25, 0.3) is 0 Å². The molecular weight excluding hydrogens is 154 g/mol. The summed E-state index contributed by atoms with van der Waals surface area (Å²) in [6.07, 6.45) is 7.78. The summed E-state index contributed by atoms with van der Waals surface area (Å²) in [6, 6.07) is 0. The molecule has 0 aromatic carbocycles. The van der Waals surface area contributed by atoms with Gasteiger partial charge in [-0.3, -0.25) is 4.31 Å². The van der Waals surface area contributed by atoms with Gasteiger partial charge in [0.1, 0.15) is 0 Å². The lowest BCUT2D eigenvalue weighted by molar-refractivity contribution is 0.632. The Hall–Kier alpha value is -0.470. The Morgan fingerprint density at radius 1 is 1.64 bits per heavy atom. The number of hydrogen-bond donors (Lipinski definition) is 1. The number of nitrogens with zero attached hydrogens (tertiary/aromatic N) is 1. The van der Waals surface area contributed by atoms with Crippen molar-refractivity contribution in [2.24, 2.45) is 0 Å². The van der Waals surface area contributed by atoms with Crippen LogP contribution in [0.15, 0.2) is 36.5 Å². The van der Waals surface area contributed by atoms with Crippen LogP contribution in [-0.2, 0) is 0 Å². The van der Waals surface area contributed by atoms with Crippen molar-refractivity contribution in [2.45, 2.75) is 6.92 Å². The Morgan fingerprint density at radius 2 is 2.27 bits per heavy atom. The molecule has 11 heavy (non-hydrogen) atoms. The van der Waals surface area contributed by atoms with Gasteiger partial charge in [-0.15, -0.1) is 0 Å². The maximum Gasteiger partial charge on any atom is 0.0331 e. The molecule has 0 amide bonds. The highest BCUT2D eigenvalue weighted by molar-refractivity contribution is 7.77. The molecule has 0 atom stereocenters. The maximum absolute atomic E-state index is 4.15. The van der Waals surface area contributed by atoms with Gasteiger partial charge >= 0.3 is 0 Å². The van der Waals surface area contributed by atoms with Crippen LogP contribution in [-0.4, -0.2) is 17.9 Å². The monoisotopic (exact) mass is 169 g/mol. The van der Waals surface area contributed by atoms with Crippen molar-refractivity contribution in [2.75, 3.05) is 13.6 Å². The standard InChI is InChI=1S/C9H15NS/c1-4-6-7-9(5-2)8-10(3)11/h4-7,11H,1,8H2,2-3H3/b7-6-,9-5+. The van der Waals surface area contributed by atoms with Crippen LogP contribution in [0.25, 0.3) is 0 Å². The molecule has 0 heterocycles. The summed E-state index contributed by atoms with van der Waals surface area (Å²) in [5.41, 5.74) is 1.24. The van der Waals surface area contributed by atoms with Crippen molar-refractivity contribution in [3.63, 3.8) is 0 Å². The molecule has 0 aliphatic rings. The molecule has 62 valence electrons.